The Morgan fingerprint density at radius 3 is 2.20 bits per heavy atom. The van der Waals surface area contributed by atoms with E-state index in [0.717, 1.165) is 22.6 Å². The molecule has 3 aromatic carbocycles. The summed E-state index contributed by atoms with van der Waals surface area (Å²) < 4.78 is 1.99. The number of aromatic nitrogens is 3. The first-order valence-electron chi connectivity index (χ1n) is 11.5. The summed E-state index contributed by atoms with van der Waals surface area (Å²) in [5.74, 6) is 1.17. The van der Waals surface area contributed by atoms with Crippen molar-refractivity contribution in [3.8, 4) is 17.1 Å². The Morgan fingerprint density at radius 2 is 1.57 bits per heavy atom. The van der Waals surface area contributed by atoms with Gasteiger partial charge in [-0.25, -0.2) is 5.43 Å². The van der Waals surface area contributed by atoms with Crippen molar-refractivity contribution in [2.75, 3.05) is 5.75 Å². The molecule has 0 fully saturated rings. The SMILES string of the molecule is Cc1ccc(-c2nnc(SCC(=O)N/N=C/c3ccc(C(C)C)cc3)n2-c2ccc(C)cc2)cc1. The molecule has 0 atom stereocenters. The molecular weight excluding hydrogens is 454 g/mol. The van der Waals surface area contributed by atoms with Crippen molar-refractivity contribution in [1.29, 1.82) is 0 Å². The molecule has 0 saturated carbocycles. The van der Waals surface area contributed by atoms with Gasteiger partial charge in [0, 0.05) is 11.3 Å². The quantitative estimate of drug-likeness (QED) is 0.192. The standard InChI is InChI=1S/C28H29N5OS/c1-19(2)23-13-9-22(10-14-23)17-29-30-26(34)18-35-28-32-31-27(24-11-5-20(3)6-12-24)33(28)25-15-7-21(4)8-16-25/h5-17,19H,18H2,1-4H3,(H,30,34)/b29-17+. The van der Waals surface area contributed by atoms with Crippen LogP contribution in [0.5, 0.6) is 0 Å². The maximum absolute atomic E-state index is 12.5. The van der Waals surface area contributed by atoms with Crippen LogP contribution in [0.25, 0.3) is 17.1 Å². The lowest BCUT2D eigenvalue weighted by atomic mass is 10.0. The van der Waals surface area contributed by atoms with Crippen LogP contribution in [0.3, 0.4) is 0 Å². The molecule has 0 aliphatic heterocycles. The van der Waals surface area contributed by atoms with Crippen molar-refractivity contribution >= 4 is 23.9 Å². The molecule has 4 rings (SSSR count). The van der Waals surface area contributed by atoms with Crippen molar-refractivity contribution in [3.63, 3.8) is 0 Å². The fraction of sp³-hybridized carbons (Fsp3) is 0.214. The van der Waals surface area contributed by atoms with Gasteiger partial charge in [0.2, 0.25) is 0 Å². The highest BCUT2D eigenvalue weighted by Crippen LogP contribution is 2.28. The highest BCUT2D eigenvalue weighted by molar-refractivity contribution is 7.99. The van der Waals surface area contributed by atoms with Gasteiger partial charge in [0.1, 0.15) is 0 Å². The van der Waals surface area contributed by atoms with Crippen LogP contribution in [0.1, 0.15) is 42.0 Å². The number of nitrogens with one attached hydrogen (secondary N) is 1. The summed E-state index contributed by atoms with van der Waals surface area (Å²) in [7, 11) is 0. The topological polar surface area (TPSA) is 72.2 Å². The normalized spacial score (nSPS) is 11.3. The van der Waals surface area contributed by atoms with Crippen LogP contribution in [-0.2, 0) is 4.79 Å². The van der Waals surface area contributed by atoms with Gasteiger partial charge in [0.05, 0.1) is 12.0 Å². The maximum Gasteiger partial charge on any atom is 0.250 e. The van der Waals surface area contributed by atoms with Crippen LogP contribution in [0.2, 0.25) is 0 Å². The lowest BCUT2D eigenvalue weighted by molar-refractivity contribution is -0.118. The molecule has 0 aliphatic carbocycles. The van der Waals surface area contributed by atoms with Crippen LogP contribution in [-0.4, -0.2) is 32.6 Å². The van der Waals surface area contributed by atoms with Crippen LogP contribution in [0.4, 0.5) is 0 Å². The zero-order valence-electron chi connectivity index (χ0n) is 20.4. The van der Waals surface area contributed by atoms with Crippen molar-refractivity contribution in [1.82, 2.24) is 20.2 Å². The average Bonchev–Trinajstić information content (AvgIpc) is 3.28. The number of hydrogen-bond acceptors (Lipinski definition) is 5. The molecule has 0 aliphatic rings. The number of hydrazone groups is 1. The van der Waals surface area contributed by atoms with E-state index in [2.05, 4.69) is 84.8 Å². The smallest absolute Gasteiger partial charge is 0.250 e. The second-order valence-electron chi connectivity index (χ2n) is 8.75. The van der Waals surface area contributed by atoms with Gasteiger partial charge < -0.3 is 0 Å². The van der Waals surface area contributed by atoms with Crippen molar-refractivity contribution in [2.24, 2.45) is 5.10 Å². The van der Waals surface area contributed by atoms with Gasteiger partial charge in [-0.15, -0.1) is 10.2 Å². The van der Waals surface area contributed by atoms with E-state index >= 15 is 0 Å². The summed E-state index contributed by atoms with van der Waals surface area (Å²) in [6.45, 7) is 8.42. The lowest BCUT2D eigenvalue weighted by Crippen LogP contribution is -2.20. The summed E-state index contributed by atoms with van der Waals surface area (Å²) in [4.78, 5) is 12.5. The molecule has 1 heterocycles. The molecule has 178 valence electrons. The molecule has 0 unspecified atom stereocenters. The Hall–Kier alpha value is -3.71. The van der Waals surface area contributed by atoms with Gasteiger partial charge in [-0.2, -0.15) is 5.10 Å². The predicted octanol–water partition coefficient (Wildman–Crippen LogP) is 5.92. The first-order chi connectivity index (χ1) is 16.9. The summed E-state index contributed by atoms with van der Waals surface area (Å²) in [6, 6.07) is 24.5. The fourth-order valence-corrected chi connectivity index (χ4v) is 4.23. The molecule has 0 radical (unpaired) electrons. The first-order valence-corrected chi connectivity index (χ1v) is 12.5. The van der Waals surface area contributed by atoms with E-state index in [4.69, 9.17) is 0 Å². The molecule has 1 aromatic heterocycles. The monoisotopic (exact) mass is 483 g/mol. The third kappa shape index (κ3) is 6.25. The van der Waals surface area contributed by atoms with E-state index in [0.29, 0.717) is 11.1 Å². The van der Waals surface area contributed by atoms with E-state index in [9.17, 15) is 4.79 Å². The minimum atomic E-state index is -0.208. The van der Waals surface area contributed by atoms with E-state index < -0.39 is 0 Å². The Bertz CT molecular complexity index is 1310. The minimum Gasteiger partial charge on any atom is -0.272 e. The Kier molecular flexibility index (Phi) is 7.77. The number of rotatable bonds is 8. The molecular formula is C28H29N5OS. The molecule has 6 nitrogen and oxygen atoms in total. The second kappa shape index (κ2) is 11.1. The van der Waals surface area contributed by atoms with Gasteiger partial charge in [-0.3, -0.25) is 9.36 Å². The van der Waals surface area contributed by atoms with Crippen molar-refractivity contribution < 1.29 is 4.79 Å². The molecule has 4 aromatic rings. The summed E-state index contributed by atoms with van der Waals surface area (Å²) in [6.07, 6.45) is 1.65. The number of thioether (sulfide) groups is 1. The summed E-state index contributed by atoms with van der Waals surface area (Å²) >= 11 is 1.33. The highest BCUT2D eigenvalue weighted by Gasteiger charge is 2.17. The molecule has 0 spiro atoms. The van der Waals surface area contributed by atoms with Crippen molar-refractivity contribution in [2.45, 2.75) is 38.8 Å². The zero-order chi connectivity index (χ0) is 24.8. The second-order valence-corrected chi connectivity index (χ2v) is 9.69. The zero-order valence-corrected chi connectivity index (χ0v) is 21.2. The molecule has 7 heteroatoms. The molecule has 0 saturated heterocycles. The van der Waals surface area contributed by atoms with E-state index in [1.807, 2.05) is 41.0 Å². The van der Waals surface area contributed by atoms with Gasteiger partial charge in [-0.05, 0) is 43.0 Å². The maximum atomic E-state index is 12.5. The number of amides is 1. The van der Waals surface area contributed by atoms with Gasteiger partial charge >= 0.3 is 0 Å². The largest absolute Gasteiger partial charge is 0.272 e. The number of nitrogens with zero attached hydrogens (tertiary/aromatic N) is 4. The number of carbonyl (C=O) groups is 1. The number of hydrogen-bond donors (Lipinski definition) is 1. The predicted molar refractivity (Wildman–Crippen MR) is 143 cm³/mol. The number of carbonyl (C=O) groups excluding carboxylic acids is 1. The summed E-state index contributed by atoms with van der Waals surface area (Å²) in [5, 5.41) is 13.6. The van der Waals surface area contributed by atoms with E-state index in [1.54, 1.807) is 6.21 Å². The van der Waals surface area contributed by atoms with E-state index in [1.165, 1.54) is 28.5 Å². The highest BCUT2D eigenvalue weighted by atomic mass is 32.2. The first kappa shape index (κ1) is 24.4. The Morgan fingerprint density at radius 1 is 0.943 bits per heavy atom. The Balaban J connectivity index is 1.47. The molecule has 35 heavy (non-hydrogen) atoms. The third-order valence-corrected chi connectivity index (χ3v) is 6.50. The number of benzene rings is 3. The van der Waals surface area contributed by atoms with Gasteiger partial charge in [0.15, 0.2) is 11.0 Å². The fourth-order valence-electron chi connectivity index (χ4n) is 3.49. The van der Waals surface area contributed by atoms with Gasteiger partial charge in [-0.1, -0.05) is 97.4 Å². The molecule has 1 amide bonds. The number of aryl methyl sites for hydroxylation is 2. The minimum absolute atomic E-state index is 0.168. The van der Waals surface area contributed by atoms with Crippen molar-refractivity contribution in [3.05, 3.63) is 95.1 Å². The van der Waals surface area contributed by atoms with Crippen LogP contribution in [0, 0.1) is 13.8 Å². The molecule has 1 N–H and O–H groups in total. The van der Waals surface area contributed by atoms with Crippen LogP contribution in [0.15, 0.2) is 83.1 Å². The Labute approximate surface area is 210 Å². The average molecular weight is 484 g/mol. The van der Waals surface area contributed by atoms with Crippen LogP contribution >= 0.6 is 11.8 Å². The third-order valence-electron chi connectivity index (χ3n) is 5.57. The lowest BCUT2D eigenvalue weighted by Gasteiger charge is -2.11. The molecule has 0 bridgehead atoms. The summed E-state index contributed by atoms with van der Waals surface area (Å²) in [5.41, 5.74) is 9.07. The van der Waals surface area contributed by atoms with E-state index in [-0.39, 0.29) is 11.7 Å². The van der Waals surface area contributed by atoms with Gasteiger partial charge in [0.25, 0.3) is 5.91 Å². The van der Waals surface area contributed by atoms with Crippen LogP contribution < -0.4 is 5.43 Å².